The average Bonchev–Trinajstić information content (AvgIpc) is 2.60. The second-order valence-corrected chi connectivity index (χ2v) is 6.36. The van der Waals surface area contributed by atoms with Gasteiger partial charge in [-0.05, 0) is 26.8 Å². The molecular formula is C16H20N2O4. The number of fused-ring (bicyclic) bond motifs is 1. The predicted molar refractivity (Wildman–Crippen MR) is 81.2 cm³/mol. The van der Waals surface area contributed by atoms with Crippen LogP contribution in [0.4, 0.5) is 5.69 Å². The molecule has 0 fully saturated rings. The number of para-hydroxylation sites is 1. The maximum Gasteiger partial charge on any atom is 0.304 e. The van der Waals surface area contributed by atoms with E-state index in [0.717, 1.165) is 0 Å². The normalized spacial score (nSPS) is 20.6. The van der Waals surface area contributed by atoms with Crippen molar-refractivity contribution in [3.63, 3.8) is 0 Å². The van der Waals surface area contributed by atoms with E-state index in [9.17, 15) is 14.4 Å². The third-order valence-corrected chi connectivity index (χ3v) is 3.36. The Morgan fingerprint density at radius 1 is 1.23 bits per heavy atom. The zero-order valence-electron chi connectivity index (χ0n) is 13.4. The van der Waals surface area contributed by atoms with Crippen molar-refractivity contribution in [2.24, 2.45) is 0 Å². The molecule has 0 aromatic heterocycles. The zero-order valence-corrected chi connectivity index (χ0v) is 13.4. The van der Waals surface area contributed by atoms with Crippen LogP contribution in [0.25, 0.3) is 0 Å². The first kappa shape index (κ1) is 16.0. The standard InChI is InChI=1S/C16H20N2O4/c1-10(19)22-16(13(20)17-15(2,3)4)11-8-6-7-9-12(11)18(5)14(16)21/h6-9H,1-5H3,(H,17,20). The number of ether oxygens (including phenoxy) is 1. The van der Waals surface area contributed by atoms with Gasteiger partial charge in [0, 0.05) is 25.1 Å². The van der Waals surface area contributed by atoms with E-state index < -0.39 is 28.9 Å². The van der Waals surface area contributed by atoms with Crippen LogP contribution in [0.15, 0.2) is 24.3 Å². The molecule has 2 amide bonds. The highest BCUT2D eigenvalue weighted by Gasteiger charge is 2.59. The van der Waals surface area contributed by atoms with Crippen LogP contribution < -0.4 is 10.2 Å². The predicted octanol–water partition coefficient (Wildman–Crippen LogP) is 1.34. The zero-order chi connectivity index (χ0) is 16.7. The molecule has 1 aliphatic heterocycles. The van der Waals surface area contributed by atoms with Gasteiger partial charge in [0.1, 0.15) is 0 Å². The second kappa shape index (κ2) is 5.12. The quantitative estimate of drug-likeness (QED) is 0.661. The van der Waals surface area contributed by atoms with Crippen LogP contribution in [0.3, 0.4) is 0 Å². The minimum atomic E-state index is -1.97. The molecule has 2 rings (SSSR count). The molecule has 0 radical (unpaired) electrons. The number of nitrogens with one attached hydrogen (secondary N) is 1. The monoisotopic (exact) mass is 304 g/mol. The first-order valence-corrected chi connectivity index (χ1v) is 6.99. The van der Waals surface area contributed by atoms with Crippen LogP contribution in [0.1, 0.15) is 33.3 Å². The summed E-state index contributed by atoms with van der Waals surface area (Å²) in [6.45, 7) is 6.56. The first-order valence-electron chi connectivity index (χ1n) is 6.99. The lowest BCUT2D eigenvalue weighted by atomic mass is 9.92. The number of anilines is 1. The van der Waals surface area contributed by atoms with Crippen molar-refractivity contribution in [3.05, 3.63) is 29.8 Å². The summed E-state index contributed by atoms with van der Waals surface area (Å²) in [6.07, 6.45) is 0. The highest BCUT2D eigenvalue weighted by atomic mass is 16.6. The molecule has 0 saturated carbocycles. The number of carbonyl (C=O) groups excluding carboxylic acids is 3. The Bertz CT molecular complexity index is 648. The summed E-state index contributed by atoms with van der Waals surface area (Å²) in [5, 5.41) is 2.74. The van der Waals surface area contributed by atoms with Gasteiger partial charge in [-0.3, -0.25) is 14.4 Å². The van der Waals surface area contributed by atoms with E-state index in [0.29, 0.717) is 11.3 Å². The van der Waals surface area contributed by atoms with Crippen LogP contribution in [0.2, 0.25) is 0 Å². The summed E-state index contributed by atoms with van der Waals surface area (Å²) in [6, 6.07) is 6.80. The Labute approximate surface area is 129 Å². The molecule has 0 saturated heterocycles. The molecule has 0 aliphatic carbocycles. The van der Waals surface area contributed by atoms with Gasteiger partial charge in [0.15, 0.2) is 0 Å². The molecule has 1 N–H and O–H groups in total. The van der Waals surface area contributed by atoms with Gasteiger partial charge in [0.2, 0.25) is 0 Å². The fraction of sp³-hybridized carbons (Fsp3) is 0.438. The van der Waals surface area contributed by atoms with E-state index in [2.05, 4.69) is 5.32 Å². The minimum absolute atomic E-state index is 0.374. The van der Waals surface area contributed by atoms with E-state index in [1.165, 1.54) is 11.8 Å². The average molecular weight is 304 g/mol. The Hall–Kier alpha value is -2.37. The highest BCUT2D eigenvalue weighted by Crippen LogP contribution is 2.42. The topological polar surface area (TPSA) is 75.7 Å². The van der Waals surface area contributed by atoms with Gasteiger partial charge in [-0.1, -0.05) is 18.2 Å². The van der Waals surface area contributed by atoms with Crippen molar-refractivity contribution in [2.45, 2.75) is 38.8 Å². The number of hydrogen-bond donors (Lipinski definition) is 1. The van der Waals surface area contributed by atoms with Crippen molar-refractivity contribution in [2.75, 3.05) is 11.9 Å². The van der Waals surface area contributed by atoms with Crippen molar-refractivity contribution >= 4 is 23.5 Å². The van der Waals surface area contributed by atoms with Crippen molar-refractivity contribution < 1.29 is 19.1 Å². The van der Waals surface area contributed by atoms with E-state index in [-0.39, 0.29) is 0 Å². The molecule has 1 aromatic carbocycles. The number of esters is 1. The van der Waals surface area contributed by atoms with Crippen LogP contribution in [-0.4, -0.2) is 30.4 Å². The Morgan fingerprint density at radius 2 is 1.82 bits per heavy atom. The third kappa shape index (κ3) is 2.45. The smallest absolute Gasteiger partial charge is 0.304 e. The van der Waals surface area contributed by atoms with E-state index >= 15 is 0 Å². The third-order valence-electron chi connectivity index (χ3n) is 3.36. The van der Waals surface area contributed by atoms with E-state index in [4.69, 9.17) is 4.74 Å². The maximum absolute atomic E-state index is 12.8. The van der Waals surface area contributed by atoms with Gasteiger partial charge >= 0.3 is 5.97 Å². The molecule has 22 heavy (non-hydrogen) atoms. The summed E-state index contributed by atoms with van der Waals surface area (Å²) in [4.78, 5) is 38.4. The first-order chi connectivity index (χ1) is 10.1. The molecular weight excluding hydrogens is 284 g/mol. The summed E-state index contributed by atoms with van der Waals surface area (Å²) < 4.78 is 5.27. The van der Waals surface area contributed by atoms with Gasteiger partial charge in [-0.15, -0.1) is 0 Å². The molecule has 0 bridgehead atoms. The largest absolute Gasteiger partial charge is 0.434 e. The second-order valence-electron chi connectivity index (χ2n) is 6.36. The van der Waals surface area contributed by atoms with E-state index in [1.54, 1.807) is 52.1 Å². The summed E-state index contributed by atoms with van der Waals surface area (Å²) in [5.41, 5.74) is -1.61. The van der Waals surface area contributed by atoms with Crippen molar-refractivity contribution in [1.29, 1.82) is 0 Å². The lowest BCUT2D eigenvalue weighted by molar-refractivity contribution is -0.173. The maximum atomic E-state index is 12.8. The van der Waals surface area contributed by atoms with Crippen molar-refractivity contribution in [3.8, 4) is 0 Å². The van der Waals surface area contributed by atoms with Crippen LogP contribution in [0.5, 0.6) is 0 Å². The van der Waals surface area contributed by atoms with Gasteiger partial charge < -0.3 is 15.0 Å². The Kier molecular flexibility index (Phi) is 3.73. The van der Waals surface area contributed by atoms with Gasteiger partial charge in [-0.2, -0.15) is 0 Å². The number of hydrogen-bond acceptors (Lipinski definition) is 4. The van der Waals surface area contributed by atoms with Crippen molar-refractivity contribution in [1.82, 2.24) is 5.32 Å². The molecule has 6 nitrogen and oxygen atoms in total. The fourth-order valence-corrected chi connectivity index (χ4v) is 2.53. The number of benzene rings is 1. The molecule has 0 spiro atoms. The lowest BCUT2D eigenvalue weighted by Gasteiger charge is -2.30. The molecule has 1 aliphatic rings. The summed E-state index contributed by atoms with van der Waals surface area (Å²) in [5.74, 6) is -1.91. The summed E-state index contributed by atoms with van der Waals surface area (Å²) in [7, 11) is 1.55. The SMILES string of the molecule is CC(=O)OC1(C(=O)NC(C)(C)C)C(=O)N(C)c2ccccc21. The number of likely N-dealkylation sites (N-methyl/N-ethyl adjacent to an activating group) is 1. The summed E-state index contributed by atoms with van der Waals surface area (Å²) >= 11 is 0. The van der Waals surface area contributed by atoms with Gasteiger partial charge in [-0.25, -0.2) is 0 Å². The number of rotatable bonds is 2. The number of carbonyl (C=O) groups is 3. The Balaban J connectivity index is 2.62. The van der Waals surface area contributed by atoms with Crippen LogP contribution >= 0.6 is 0 Å². The lowest BCUT2D eigenvalue weighted by Crippen LogP contribution is -2.57. The number of amides is 2. The molecule has 1 unspecified atom stereocenters. The molecule has 6 heteroatoms. The fourth-order valence-electron chi connectivity index (χ4n) is 2.53. The molecule has 118 valence electrons. The highest BCUT2D eigenvalue weighted by molar-refractivity contribution is 6.21. The Morgan fingerprint density at radius 3 is 2.36 bits per heavy atom. The van der Waals surface area contributed by atoms with Gasteiger partial charge in [0.05, 0.1) is 5.69 Å². The van der Waals surface area contributed by atoms with Crippen LogP contribution in [-0.2, 0) is 24.7 Å². The number of nitrogens with zero attached hydrogens (tertiary/aromatic N) is 1. The van der Waals surface area contributed by atoms with Gasteiger partial charge in [0.25, 0.3) is 17.4 Å². The minimum Gasteiger partial charge on any atom is -0.434 e. The van der Waals surface area contributed by atoms with Crippen LogP contribution in [0, 0.1) is 0 Å². The van der Waals surface area contributed by atoms with E-state index in [1.807, 2.05) is 0 Å². The molecule has 1 aromatic rings. The molecule has 1 atom stereocenters. The molecule has 1 heterocycles.